The molecule has 0 aromatic carbocycles. The van der Waals surface area contributed by atoms with Gasteiger partial charge in [0.05, 0.1) is 0 Å². The van der Waals surface area contributed by atoms with E-state index >= 15 is 0 Å². The van der Waals surface area contributed by atoms with E-state index in [0.717, 1.165) is 6.04 Å². The maximum Gasteiger partial charge on any atom is 0.0110 e. The van der Waals surface area contributed by atoms with Crippen molar-refractivity contribution in [2.75, 3.05) is 26.2 Å². The van der Waals surface area contributed by atoms with Gasteiger partial charge < -0.3 is 5.32 Å². The third kappa shape index (κ3) is 8.26. The van der Waals surface area contributed by atoms with Crippen molar-refractivity contribution in [2.24, 2.45) is 0 Å². The molecule has 1 N–H and O–H groups in total. The fourth-order valence-corrected chi connectivity index (χ4v) is 3.40. The predicted octanol–water partition coefficient (Wildman–Crippen LogP) is 4.59. The van der Waals surface area contributed by atoms with Crippen LogP contribution in [0.1, 0.15) is 84.5 Å². The lowest BCUT2D eigenvalue weighted by molar-refractivity contribution is 0.153. The number of nitrogens with one attached hydrogen (secondary N) is 1. The van der Waals surface area contributed by atoms with Gasteiger partial charge in [0.15, 0.2) is 0 Å². The van der Waals surface area contributed by atoms with Crippen LogP contribution in [0.3, 0.4) is 0 Å². The molecule has 0 bridgehead atoms. The largest absolute Gasteiger partial charge is 0.314 e. The van der Waals surface area contributed by atoms with E-state index in [9.17, 15) is 0 Å². The van der Waals surface area contributed by atoms with E-state index in [1.807, 2.05) is 0 Å². The predicted molar refractivity (Wildman–Crippen MR) is 90.4 cm³/mol. The van der Waals surface area contributed by atoms with Gasteiger partial charge in [-0.25, -0.2) is 0 Å². The number of hydrogen-bond acceptors (Lipinski definition) is 2. The first-order valence-corrected chi connectivity index (χ1v) is 9.33. The van der Waals surface area contributed by atoms with Crippen LogP contribution in [0.15, 0.2) is 0 Å². The molecule has 0 amide bonds. The van der Waals surface area contributed by atoms with E-state index in [1.165, 1.54) is 96.8 Å². The standard InChI is InChI=1S/C18H38N2/c1-3-5-6-7-8-9-10-11-13-18(12-4-2)20-16-14-19-15-17-20/h18-19H,3-17H2,1-2H3. The maximum atomic E-state index is 3.47. The molecule has 0 spiro atoms. The molecule has 1 rings (SSSR count). The highest BCUT2D eigenvalue weighted by Crippen LogP contribution is 2.17. The molecule has 1 unspecified atom stereocenters. The first kappa shape index (κ1) is 18.0. The summed E-state index contributed by atoms with van der Waals surface area (Å²) in [6, 6.07) is 0.863. The van der Waals surface area contributed by atoms with E-state index in [2.05, 4.69) is 24.1 Å². The van der Waals surface area contributed by atoms with Crippen LogP contribution in [0.4, 0.5) is 0 Å². The summed E-state index contributed by atoms with van der Waals surface area (Å²) in [4.78, 5) is 2.74. The minimum Gasteiger partial charge on any atom is -0.314 e. The Morgan fingerprint density at radius 3 is 1.95 bits per heavy atom. The number of nitrogens with zero attached hydrogens (tertiary/aromatic N) is 1. The molecule has 0 aliphatic carbocycles. The summed E-state index contributed by atoms with van der Waals surface area (Å²) in [5.74, 6) is 0. The topological polar surface area (TPSA) is 15.3 Å². The van der Waals surface area contributed by atoms with Crippen molar-refractivity contribution >= 4 is 0 Å². The Labute approximate surface area is 127 Å². The highest BCUT2D eigenvalue weighted by molar-refractivity contribution is 4.76. The van der Waals surface area contributed by atoms with Gasteiger partial charge >= 0.3 is 0 Å². The lowest BCUT2D eigenvalue weighted by Crippen LogP contribution is -2.48. The molecule has 1 fully saturated rings. The molecule has 2 heteroatoms. The van der Waals surface area contributed by atoms with Gasteiger partial charge in [-0.15, -0.1) is 0 Å². The molecule has 1 aliphatic rings. The third-order valence-corrected chi connectivity index (χ3v) is 4.68. The highest BCUT2D eigenvalue weighted by Gasteiger charge is 2.18. The quantitative estimate of drug-likeness (QED) is 0.527. The number of hydrogen-bond donors (Lipinski definition) is 1. The van der Waals surface area contributed by atoms with Gasteiger partial charge in [-0.2, -0.15) is 0 Å². The monoisotopic (exact) mass is 282 g/mol. The zero-order valence-electron chi connectivity index (χ0n) is 14.1. The Kier molecular flexibility index (Phi) is 11.4. The van der Waals surface area contributed by atoms with E-state index in [4.69, 9.17) is 0 Å². The van der Waals surface area contributed by atoms with E-state index in [0.29, 0.717) is 0 Å². The van der Waals surface area contributed by atoms with Crippen molar-refractivity contribution in [3.63, 3.8) is 0 Å². The fourth-order valence-electron chi connectivity index (χ4n) is 3.40. The van der Waals surface area contributed by atoms with Crippen LogP contribution in [0.5, 0.6) is 0 Å². The van der Waals surface area contributed by atoms with Crippen LogP contribution in [0.25, 0.3) is 0 Å². The van der Waals surface area contributed by atoms with E-state index < -0.39 is 0 Å². The lowest BCUT2D eigenvalue weighted by atomic mass is 10.0. The summed E-state index contributed by atoms with van der Waals surface area (Å²) in [6.07, 6.45) is 15.7. The molecule has 20 heavy (non-hydrogen) atoms. The van der Waals surface area contributed by atoms with Crippen LogP contribution in [0, 0.1) is 0 Å². The molecule has 1 atom stereocenters. The molecule has 0 aromatic rings. The van der Waals surface area contributed by atoms with Gasteiger partial charge in [0.1, 0.15) is 0 Å². The smallest absolute Gasteiger partial charge is 0.0110 e. The zero-order chi connectivity index (χ0) is 14.5. The van der Waals surface area contributed by atoms with Crippen molar-refractivity contribution in [1.29, 1.82) is 0 Å². The molecule has 1 heterocycles. The van der Waals surface area contributed by atoms with Crippen LogP contribution >= 0.6 is 0 Å². The van der Waals surface area contributed by atoms with Gasteiger partial charge in [-0.1, -0.05) is 71.6 Å². The zero-order valence-corrected chi connectivity index (χ0v) is 14.1. The van der Waals surface area contributed by atoms with Gasteiger partial charge in [-0.05, 0) is 12.8 Å². The summed E-state index contributed by atoms with van der Waals surface area (Å²) in [5, 5.41) is 3.47. The van der Waals surface area contributed by atoms with Crippen molar-refractivity contribution in [3.05, 3.63) is 0 Å². The van der Waals surface area contributed by atoms with Crippen molar-refractivity contribution in [2.45, 2.75) is 90.5 Å². The summed E-state index contributed by atoms with van der Waals surface area (Å²) in [6.45, 7) is 9.55. The van der Waals surface area contributed by atoms with Crippen molar-refractivity contribution < 1.29 is 0 Å². The second-order valence-corrected chi connectivity index (χ2v) is 6.49. The first-order chi connectivity index (χ1) is 9.88. The average Bonchev–Trinajstić information content (AvgIpc) is 2.50. The Balaban J connectivity index is 2.03. The minimum atomic E-state index is 0.863. The SMILES string of the molecule is CCCCCCCCCCC(CCC)N1CCNCC1. The van der Waals surface area contributed by atoms with E-state index in [-0.39, 0.29) is 0 Å². The fraction of sp³-hybridized carbons (Fsp3) is 1.00. The second kappa shape index (κ2) is 12.6. The number of rotatable bonds is 12. The van der Waals surface area contributed by atoms with Crippen molar-refractivity contribution in [3.8, 4) is 0 Å². The highest BCUT2D eigenvalue weighted by atomic mass is 15.2. The molecular weight excluding hydrogens is 244 g/mol. The summed E-state index contributed by atoms with van der Waals surface area (Å²) < 4.78 is 0. The van der Waals surface area contributed by atoms with Crippen molar-refractivity contribution in [1.82, 2.24) is 10.2 Å². The number of piperazine rings is 1. The summed E-state index contributed by atoms with van der Waals surface area (Å²) in [5.41, 5.74) is 0. The summed E-state index contributed by atoms with van der Waals surface area (Å²) in [7, 11) is 0. The second-order valence-electron chi connectivity index (χ2n) is 6.49. The first-order valence-electron chi connectivity index (χ1n) is 9.33. The molecule has 2 nitrogen and oxygen atoms in total. The van der Waals surface area contributed by atoms with Gasteiger partial charge in [0.25, 0.3) is 0 Å². The third-order valence-electron chi connectivity index (χ3n) is 4.68. The minimum absolute atomic E-state index is 0.863. The Bertz CT molecular complexity index is 200. The van der Waals surface area contributed by atoms with Gasteiger partial charge in [0.2, 0.25) is 0 Å². The van der Waals surface area contributed by atoms with Crippen LogP contribution in [0.2, 0.25) is 0 Å². The molecule has 0 radical (unpaired) electrons. The molecule has 0 aromatic heterocycles. The molecule has 1 saturated heterocycles. The van der Waals surface area contributed by atoms with Crippen LogP contribution < -0.4 is 5.32 Å². The molecule has 1 aliphatic heterocycles. The Morgan fingerprint density at radius 1 is 0.750 bits per heavy atom. The van der Waals surface area contributed by atoms with Crippen LogP contribution in [-0.2, 0) is 0 Å². The van der Waals surface area contributed by atoms with Gasteiger partial charge in [0, 0.05) is 32.2 Å². The average molecular weight is 283 g/mol. The Hall–Kier alpha value is -0.0800. The van der Waals surface area contributed by atoms with Crippen LogP contribution in [-0.4, -0.2) is 37.1 Å². The van der Waals surface area contributed by atoms with E-state index in [1.54, 1.807) is 0 Å². The normalized spacial score (nSPS) is 18.3. The molecule has 120 valence electrons. The van der Waals surface area contributed by atoms with Gasteiger partial charge in [-0.3, -0.25) is 4.90 Å². The Morgan fingerprint density at radius 2 is 1.35 bits per heavy atom. The number of unbranched alkanes of at least 4 members (excludes halogenated alkanes) is 7. The maximum absolute atomic E-state index is 3.47. The lowest BCUT2D eigenvalue weighted by Gasteiger charge is -2.35. The molecule has 0 saturated carbocycles. The summed E-state index contributed by atoms with van der Waals surface area (Å²) >= 11 is 0. The molecular formula is C18H38N2.